The number of carbonyl (C=O) groups is 1. The van der Waals surface area contributed by atoms with E-state index in [4.69, 9.17) is 5.11 Å². The molecule has 8 heteroatoms. The first-order chi connectivity index (χ1) is 11.1. The summed E-state index contributed by atoms with van der Waals surface area (Å²) in [7, 11) is 0. The summed E-state index contributed by atoms with van der Waals surface area (Å²) in [6.45, 7) is 1.28. The number of nitrogens with zero attached hydrogens (tertiary/aromatic N) is 3. The number of thiazole rings is 1. The molecule has 3 rings (SSSR count). The number of aliphatic hydroxyl groups excluding tert-OH is 1. The minimum Gasteiger partial charge on any atom is -0.396 e. The lowest BCUT2D eigenvalue weighted by molar-refractivity contribution is -0.384. The Morgan fingerprint density at radius 1 is 1.43 bits per heavy atom. The van der Waals surface area contributed by atoms with Crippen molar-refractivity contribution in [3.8, 4) is 10.6 Å². The van der Waals surface area contributed by atoms with Gasteiger partial charge in [-0.25, -0.2) is 4.98 Å². The number of hydrogen-bond acceptors (Lipinski definition) is 6. The molecule has 23 heavy (non-hydrogen) atoms. The summed E-state index contributed by atoms with van der Waals surface area (Å²) in [6.07, 6.45) is 0.807. The van der Waals surface area contributed by atoms with Crippen molar-refractivity contribution in [1.82, 2.24) is 9.88 Å². The minimum atomic E-state index is -0.453. The molecule has 1 N–H and O–H groups in total. The molecule has 0 spiro atoms. The summed E-state index contributed by atoms with van der Waals surface area (Å²) in [5.41, 5.74) is 1.14. The standard InChI is InChI=1S/C15H15N3O4S/c19-8-10-5-6-17(7-10)15(20)13-9-23-14(16-13)11-1-3-12(4-2-11)18(21)22/h1-4,9-10,19H,5-8H2. The van der Waals surface area contributed by atoms with Gasteiger partial charge in [-0.2, -0.15) is 0 Å². The first-order valence-electron chi connectivity index (χ1n) is 7.19. The number of nitro benzene ring substituents is 1. The van der Waals surface area contributed by atoms with E-state index in [1.165, 1.54) is 23.5 Å². The van der Waals surface area contributed by atoms with Crippen LogP contribution in [0, 0.1) is 16.0 Å². The van der Waals surface area contributed by atoms with Gasteiger partial charge in [0.2, 0.25) is 0 Å². The van der Waals surface area contributed by atoms with Crippen molar-refractivity contribution in [2.75, 3.05) is 19.7 Å². The Morgan fingerprint density at radius 3 is 2.78 bits per heavy atom. The summed E-state index contributed by atoms with van der Waals surface area (Å²) in [4.78, 5) is 28.7. The van der Waals surface area contributed by atoms with Crippen LogP contribution in [-0.2, 0) is 0 Å². The summed E-state index contributed by atoms with van der Waals surface area (Å²) in [5.74, 6) is 0.0112. The number of carbonyl (C=O) groups excluding carboxylic acids is 1. The van der Waals surface area contributed by atoms with Gasteiger partial charge in [0.15, 0.2) is 0 Å². The molecule has 0 aliphatic carbocycles. The van der Waals surface area contributed by atoms with E-state index in [-0.39, 0.29) is 24.1 Å². The maximum Gasteiger partial charge on any atom is 0.273 e. The molecular formula is C15H15N3O4S. The molecule has 1 atom stereocenters. The molecule has 1 aliphatic rings. The van der Waals surface area contributed by atoms with Gasteiger partial charge in [0.1, 0.15) is 10.7 Å². The molecule has 0 saturated carbocycles. The van der Waals surface area contributed by atoms with Crippen molar-refractivity contribution >= 4 is 22.9 Å². The van der Waals surface area contributed by atoms with Crippen molar-refractivity contribution in [2.24, 2.45) is 5.92 Å². The fourth-order valence-electron chi connectivity index (χ4n) is 2.56. The van der Waals surface area contributed by atoms with Crippen LogP contribution in [0.3, 0.4) is 0 Å². The Bertz CT molecular complexity index is 729. The number of rotatable bonds is 4. The fourth-order valence-corrected chi connectivity index (χ4v) is 3.36. The average molecular weight is 333 g/mol. The van der Waals surface area contributed by atoms with Crippen molar-refractivity contribution in [3.63, 3.8) is 0 Å². The lowest BCUT2D eigenvalue weighted by Crippen LogP contribution is -2.29. The Morgan fingerprint density at radius 2 is 2.17 bits per heavy atom. The monoisotopic (exact) mass is 333 g/mol. The molecule has 1 aromatic heterocycles. The first-order valence-corrected chi connectivity index (χ1v) is 8.07. The lowest BCUT2D eigenvalue weighted by atomic mass is 10.1. The van der Waals surface area contributed by atoms with Gasteiger partial charge in [-0.1, -0.05) is 0 Å². The first kappa shape index (κ1) is 15.6. The number of nitro groups is 1. The predicted octanol–water partition coefficient (Wildman–Crippen LogP) is 2.17. The molecule has 120 valence electrons. The number of benzene rings is 1. The van der Waals surface area contributed by atoms with Crippen molar-refractivity contribution < 1.29 is 14.8 Å². The minimum absolute atomic E-state index is 0.0220. The van der Waals surface area contributed by atoms with Crippen LogP contribution in [0.4, 0.5) is 5.69 Å². The van der Waals surface area contributed by atoms with E-state index in [1.54, 1.807) is 22.4 Å². The smallest absolute Gasteiger partial charge is 0.273 e. The molecule has 1 saturated heterocycles. The largest absolute Gasteiger partial charge is 0.396 e. The van der Waals surface area contributed by atoms with E-state index < -0.39 is 4.92 Å². The van der Waals surface area contributed by atoms with Crippen molar-refractivity contribution in [2.45, 2.75) is 6.42 Å². The van der Waals surface area contributed by atoms with Crippen LogP contribution in [-0.4, -0.2) is 45.5 Å². The normalized spacial score (nSPS) is 17.4. The van der Waals surface area contributed by atoms with Crippen LogP contribution < -0.4 is 0 Å². The molecule has 7 nitrogen and oxygen atoms in total. The zero-order valence-electron chi connectivity index (χ0n) is 12.2. The van der Waals surface area contributed by atoms with Crippen LogP contribution in [0.5, 0.6) is 0 Å². The number of likely N-dealkylation sites (tertiary alicyclic amines) is 1. The van der Waals surface area contributed by atoms with Gasteiger partial charge in [-0.15, -0.1) is 11.3 Å². The fraction of sp³-hybridized carbons (Fsp3) is 0.333. The van der Waals surface area contributed by atoms with E-state index in [1.807, 2.05) is 0 Å². The maximum absolute atomic E-state index is 12.4. The van der Waals surface area contributed by atoms with E-state index in [2.05, 4.69) is 4.98 Å². The second-order valence-corrected chi connectivity index (χ2v) is 6.29. The van der Waals surface area contributed by atoms with Gasteiger partial charge in [0, 0.05) is 48.7 Å². The van der Waals surface area contributed by atoms with Gasteiger partial charge in [0.25, 0.3) is 11.6 Å². The molecule has 2 aromatic rings. The summed E-state index contributed by atoms with van der Waals surface area (Å²) in [5, 5.41) is 22.2. The molecule has 1 unspecified atom stereocenters. The van der Waals surface area contributed by atoms with Gasteiger partial charge in [-0.05, 0) is 18.6 Å². The number of amides is 1. The third-order valence-electron chi connectivity index (χ3n) is 3.88. The highest BCUT2D eigenvalue weighted by molar-refractivity contribution is 7.13. The number of aliphatic hydroxyl groups is 1. The average Bonchev–Trinajstić information content (AvgIpc) is 3.23. The topological polar surface area (TPSA) is 96.6 Å². The van der Waals surface area contributed by atoms with Crippen molar-refractivity contribution in [3.05, 3.63) is 45.5 Å². The predicted molar refractivity (Wildman–Crippen MR) is 85.3 cm³/mol. The van der Waals surface area contributed by atoms with Gasteiger partial charge >= 0.3 is 0 Å². The van der Waals surface area contributed by atoms with Crippen LogP contribution >= 0.6 is 11.3 Å². The van der Waals surface area contributed by atoms with E-state index in [9.17, 15) is 14.9 Å². The molecule has 1 fully saturated rings. The quantitative estimate of drug-likeness (QED) is 0.683. The lowest BCUT2D eigenvalue weighted by Gasteiger charge is -2.14. The summed E-state index contributed by atoms with van der Waals surface area (Å²) >= 11 is 1.33. The Kier molecular flexibility index (Phi) is 4.35. The second-order valence-electron chi connectivity index (χ2n) is 5.43. The number of aromatic nitrogens is 1. The summed E-state index contributed by atoms with van der Waals surface area (Å²) in [6, 6.07) is 6.10. The zero-order valence-corrected chi connectivity index (χ0v) is 13.0. The summed E-state index contributed by atoms with van der Waals surface area (Å²) < 4.78 is 0. The third kappa shape index (κ3) is 3.22. The highest BCUT2D eigenvalue weighted by Gasteiger charge is 2.27. The Hall–Kier alpha value is -2.32. The molecule has 1 aromatic carbocycles. The van der Waals surface area contributed by atoms with Crippen LogP contribution in [0.1, 0.15) is 16.9 Å². The van der Waals surface area contributed by atoms with Gasteiger partial charge in [0.05, 0.1) is 4.92 Å². The van der Waals surface area contributed by atoms with E-state index in [0.717, 1.165) is 12.0 Å². The molecule has 2 heterocycles. The molecule has 0 bridgehead atoms. The van der Waals surface area contributed by atoms with Gasteiger partial charge in [-0.3, -0.25) is 14.9 Å². The van der Waals surface area contributed by atoms with E-state index in [0.29, 0.717) is 23.8 Å². The molecule has 1 amide bonds. The Labute approximate surface area is 136 Å². The zero-order chi connectivity index (χ0) is 16.4. The van der Waals surface area contributed by atoms with Crippen LogP contribution in [0.15, 0.2) is 29.6 Å². The van der Waals surface area contributed by atoms with Gasteiger partial charge < -0.3 is 10.0 Å². The van der Waals surface area contributed by atoms with Crippen LogP contribution in [0.2, 0.25) is 0 Å². The third-order valence-corrected chi connectivity index (χ3v) is 4.77. The molecular weight excluding hydrogens is 318 g/mol. The maximum atomic E-state index is 12.4. The molecule has 1 aliphatic heterocycles. The SMILES string of the molecule is O=C(c1csc(-c2ccc([N+](=O)[O-])cc2)n1)N1CCC(CO)C1. The molecule has 0 radical (unpaired) electrons. The highest BCUT2D eigenvalue weighted by Crippen LogP contribution is 2.27. The van der Waals surface area contributed by atoms with Crippen LogP contribution in [0.25, 0.3) is 10.6 Å². The van der Waals surface area contributed by atoms with E-state index >= 15 is 0 Å². The highest BCUT2D eigenvalue weighted by atomic mass is 32.1. The number of hydrogen-bond donors (Lipinski definition) is 1. The number of non-ortho nitro benzene ring substituents is 1. The van der Waals surface area contributed by atoms with Crippen molar-refractivity contribution in [1.29, 1.82) is 0 Å². The Balaban J connectivity index is 1.75. The second kappa shape index (κ2) is 6.43.